The molecule has 0 aliphatic heterocycles. The lowest BCUT2D eigenvalue weighted by Crippen LogP contribution is -2.13. The van der Waals surface area contributed by atoms with Gasteiger partial charge in [-0.2, -0.15) is 5.10 Å². The molecule has 0 saturated heterocycles. The van der Waals surface area contributed by atoms with Gasteiger partial charge in [-0.05, 0) is 38.1 Å². The first-order valence-corrected chi connectivity index (χ1v) is 6.74. The van der Waals surface area contributed by atoms with Crippen molar-refractivity contribution in [1.29, 1.82) is 0 Å². The van der Waals surface area contributed by atoms with Gasteiger partial charge in [0, 0.05) is 17.7 Å². The minimum absolute atomic E-state index is 0.0585. The number of nitrogens with one attached hydrogen (secondary N) is 3. The topological polar surface area (TPSA) is 86.9 Å². The molecule has 0 aliphatic rings. The lowest BCUT2D eigenvalue weighted by atomic mass is 10.2. The minimum Gasteiger partial charge on any atom is -0.326 e. The quantitative estimate of drug-likeness (QED) is 0.807. The summed E-state index contributed by atoms with van der Waals surface area (Å²) in [7, 11) is 0. The number of nitrogens with zero attached hydrogens (tertiary/aromatic N) is 1. The van der Waals surface area contributed by atoms with Gasteiger partial charge >= 0.3 is 0 Å². The highest BCUT2D eigenvalue weighted by Crippen LogP contribution is 2.18. The maximum Gasteiger partial charge on any atom is 0.255 e. The zero-order chi connectivity index (χ0) is 15.4. The molecule has 2 rings (SSSR count). The van der Waals surface area contributed by atoms with Crippen molar-refractivity contribution in [2.24, 2.45) is 0 Å². The molecular formula is C15H18N4O2. The molecule has 0 saturated carbocycles. The van der Waals surface area contributed by atoms with Crippen LogP contribution >= 0.6 is 0 Å². The third-order valence-electron chi connectivity index (χ3n) is 3.12. The fourth-order valence-corrected chi connectivity index (χ4v) is 1.88. The second-order valence-corrected chi connectivity index (χ2v) is 4.74. The molecule has 0 spiro atoms. The molecule has 110 valence electrons. The molecule has 0 radical (unpaired) electrons. The summed E-state index contributed by atoms with van der Waals surface area (Å²) in [5.74, 6) is -0.271. The molecule has 2 aromatic rings. The molecule has 1 aromatic carbocycles. The third-order valence-corrected chi connectivity index (χ3v) is 3.12. The number of aromatic amines is 1. The van der Waals surface area contributed by atoms with Crippen molar-refractivity contribution in [2.45, 2.75) is 27.2 Å². The Morgan fingerprint density at radius 2 is 1.81 bits per heavy atom. The van der Waals surface area contributed by atoms with Crippen LogP contribution in [0.5, 0.6) is 0 Å². The van der Waals surface area contributed by atoms with Gasteiger partial charge in [0.05, 0.1) is 17.1 Å². The Labute approximate surface area is 122 Å². The summed E-state index contributed by atoms with van der Waals surface area (Å²) in [5, 5.41) is 12.4. The van der Waals surface area contributed by atoms with Gasteiger partial charge in [-0.25, -0.2) is 0 Å². The van der Waals surface area contributed by atoms with Crippen LogP contribution in [0.2, 0.25) is 0 Å². The largest absolute Gasteiger partial charge is 0.326 e. The van der Waals surface area contributed by atoms with Crippen molar-refractivity contribution in [1.82, 2.24) is 10.2 Å². The zero-order valence-electron chi connectivity index (χ0n) is 12.3. The van der Waals surface area contributed by atoms with Crippen molar-refractivity contribution in [3.05, 3.63) is 41.2 Å². The Kier molecular flexibility index (Phi) is 4.37. The minimum atomic E-state index is -0.212. The second-order valence-electron chi connectivity index (χ2n) is 4.74. The normalized spacial score (nSPS) is 10.2. The van der Waals surface area contributed by atoms with Gasteiger partial charge in [0.15, 0.2) is 0 Å². The predicted molar refractivity (Wildman–Crippen MR) is 81.4 cm³/mol. The number of aryl methyl sites for hydroxylation is 2. The van der Waals surface area contributed by atoms with Crippen LogP contribution in [-0.4, -0.2) is 22.0 Å². The van der Waals surface area contributed by atoms with Gasteiger partial charge in [0.2, 0.25) is 5.91 Å². The lowest BCUT2D eigenvalue weighted by Gasteiger charge is -2.07. The van der Waals surface area contributed by atoms with E-state index >= 15 is 0 Å². The average molecular weight is 286 g/mol. The number of carbonyl (C=O) groups is 2. The van der Waals surface area contributed by atoms with Gasteiger partial charge in [0.25, 0.3) is 5.91 Å². The van der Waals surface area contributed by atoms with Crippen molar-refractivity contribution >= 4 is 23.2 Å². The summed E-state index contributed by atoms with van der Waals surface area (Å²) in [5.41, 5.74) is 3.45. The summed E-state index contributed by atoms with van der Waals surface area (Å²) in [6.07, 6.45) is 0.418. The van der Waals surface area contributed by atoms with Gasteiger partial charge in [-0.15, -0.1) is 0 Å². The molecule has 6 nitrogen and oxygen atoms in total. The van der Waals surface area contributed by atoms with Crippen LogP contribution in [0.15, 0.2) is 24.3 Å². The SMILES string of the molecule is CCC(=O)Nc1ccc(C(=O)Nc2c(C)n[nH]c2C)cc1. The van der Waals surface area contributed by atoms with Crippen LogP contribution in [-0.2, 0) is 4.79 Å². The molecular weight excluding hydrogens is 268 g/mol. The maximum absolute atomic E-state index is 12.2. The monoisotopic (exact) mass is 286 g/mol. The van der Waals surface area contributed by atoms with Crippen LogP contribution in [0, 0.1) is 13.8 Å². The van der Waals surface area contributed by atoms with E-state index in [-0.39, 0.29) is 11.8 Å². The van der Waals surface area contributed by atoms with Crippen molar-refractivity contribution in [3.63, 3.8) is 0 Å². The molecule has 1 heterocycles. The van der Waals surface area contributed by atoms with Crippen LogP contribution in [0.1, 0.15) is 35.1 Å². The van der Waals surface area contributed by atoms with Crippen LogP contribution in [0.4, 0.5) is 11.4 Å². The van der Waals surface area contributed by atoms with E-state index in [9.17, 15) is 9.59 Å². The smallest absolute Gasteiger partial charge is 0.255 e. The zero-order valence-corrected chi connectivity index (χ0v) is 12.3. The standard InChI is InChI=1S/C15H18N4O2/c1-4-13(20)16-12-7-5-11(6-8-12)15(21)17-14-9(2)18-19-10(14)3/h5-8H,4H2,1-3H3,(H,16,20)(H,17,21)(H,18,19). The summed E-state index contributed by atoms with van der Waals surface area (Å²) >= 11 is 0. The van der Waals surface area contributed by atoms with Crippen LogP contribution in [0.25, 0.3) is 0 Å². The number of rotatable bonds is 4. The summed E-state index contributed by atoms with van der Waals surface area (Å²) in [4.78, 5) is 23.5. The highest BCUT2D eigenvalue weighted by Gasteiger charge is 2.12. The van der Waals surface area contributed by atoms with Gasteiger partial charge in [-0.1, -0.05) is 6.92 Å². The Balaban J connectivity index is 2.08. The third kappa shape index (κ3) is 3.47. The number of amides is 2. The van der Waals surface area contributed by atoms with E-state index in [1.165, 1.54) is 0 Å². The van der Waals surface area contributed by atoms with Crippen LogP contribution < -0.4 is 10.6 Å². The fourth-order valence-electron chi connectivity index (χ4n) is 1.88. The number of carbonyl (C=O) groups excluding carboxylic acids is 2. The Bertz CT molecular complexity index is 639. The lowest BCUT2D eigenvalue weighted by molar-refractivity contribution is -0.115. The fraction of sp³-hybridized carbons (Fsp3) is 0.267. The summed E-state index contributed by atoms with van der Waals surface area (Å²) < 4.78 is 0. The van der Waals surface area contributed by atoms with E-state index < -0.39 is 0 Å². The van der Waals surface area contributed by atoms with Gasteiger partial charge < -0.3 is 10.6 Å². The molecule has 0 fully saturated rings. The van der Waals surface area contributed by atoms with E-state index in [1.807, 2.05) is 13.8 Å². The number of hydrogen-bond acceptors (Lipinski definition) is 3. The molecule has 0 atom stereocenters. The highest BCUT2D eigenvalue weighted by atomic mass is 16.2. The predicted octanol–water partition coefficient (Wildman–Crippen LogP) is 2.63. The van der Waals surface area contributed by atoms with Crippen LogP contribution in [0.3, 0.4) is 0 Å². The molecule has 3 N–H and O–H groups in total. The summed E-state index contributed by atoms with van der Waals surface area (Å²) in [6.45, 7) is 5.45. The van der Waals surface area contributed by atoms with Gasteiger partial charge in [0.1, 0.15) is 0 Å². The molecule has 21 heavy (non-hydrogen) atoms. The van der Waals surface area contributed by atoms with E-state index in [0.717, 1.165) is 11.4 Å². The number of H-pyrrole nitrogens is 1. The number of aromatic nitrogens is 2. The molecule has 0 unspecified atom stereocenters. The van der Waals surface area contributed by atoms with Crippen molar-refractivity contribution < 1.29 is 9.59 Å². The Morgan fingerprint density at radius 3 is 2.33 bits per heavy atom. The number of anilines is 2. The average Bonchev–Trinajstić information content (AvgIpc) is 2.79. The highest BCUT2D eigenvalue weighted by molar-refractivity contribution is 6.05. The Hall–Kier alpha value is -2.63. The number of hydrogen-bond donors (Lipinski definition) is 3. The first-order valence-electron chi connectivity index (χ1n) is 6.74. The molecule has 1 aromatic heterocycles. The molecule has 6 heteroatoms. The first kappa shape index (κ1) is 14.8. The van der Waals surface area contributed by atoms with Gasteiger partial charge in [-0.3, -0.25) is 14.7 Å². The first-order chi connectivity index (χ1) is 10.0. The molecule has 0 aliphatic carbocycles. The molecule has 2 amide bonds. The summed E-state index contributed by atoms with van der Waals surface area (Å²) in [6, 6.07) is 6.76. The van der Waals surface area contributed by atoms with Crippen molar-refractivity contribution in [2.75, 3.05) is 10.6 Å². The van der Waals surface area contributed by atoms with E-state index in [2.05, 4.69) is 20.8 Å². The van der Waals surface area contributed by atoms with E-state index in [1.54, 1.807) is 31.2 Å². The Morgan fingerprint density at radius 1 is 1.14 bits per heavy atom. The number of benzene rings is 1. The second kappa shape index (κ2) is 6.21. The molecule has 0 bridgehead atoms. The van der Waals surface area contributed by atoms with E-state index in [0.29, 0.717) is 23.4 Å². The van der Waals surface area contributed by atoms with Crippen molar-refractivity contribution in [3.8, 4) is 0 Å². The van der Waals surface area contributed by atoms with E-state index in [4.69, 9.17) is 0 Å². The maximum atomic E-state index is 12.2.